The van der Waals surface area contributed by atoms with Crippen molar-refractivity contribution in [2.24, 2.45) is 0 Å². The number of rotatable bonds is 2. The van der Waals surface area contributed by atoms with Gasteiger partial charge in [0.25, 0.3) is 0 Å². The molecule has 5 N–H and O–H groups in total. The first-order chi connectivity index (χ1) is 5.74. The Morgan fingerprint density at radius 3 is 2.67 bits per heavy atom. The van der Waals surface area contributed by atoms with E-state index >= 15 is 0 Å². The summed E-state index contributed by atoms with van der Waals surface area (Å²) in [6.45, 7) is 0. The molecule has 0 heterocycles. The number of anilines is 2. The van der Waals surface area contributed by atoms with Gasteiger partial charge in [-0.25, -0.2) is 0 Å². The molecule has 0 atom stereocenters. The summed E-state index contributed by atoms with van der Waals surface area (Å²) in [7, 11) is 0. The van der Waals surface area contributed by atoms with E-state index in [-0.39, 0.29) is 0 Å². The number of hydrogen-bond donors (Lipinski definition) is 3. The van der Waals surface area contributed by atoms with Gasteiger partial charge in [-0.3, -0.25) is 0 Å². The first-order valence-electron chi connectivity index (χ1n) is 3.35. The SMILES string of the molecule is Nc1ccc(OC=CO)c(N)c1. The number of nitrogen functional groups attached to an aromatic ring is 2. The molecule has 1 aromatic rings. The molecule has 1 rings (SSSR count). The predicted molar refractivity (Wildman–Crippen MR) is 47.7 cm³/mol. The maximum atomic E-state index is 8.30. The molecule has 64 valence electrons. The van der Waals surface area contributed by atoms with Gasteiger partial charge in [0.2, 0.25) is 0 Å². The first-order valence-corrected chi connectivity index (χ1v) is 3.35. The average Bonchev–Trinajstić information content (AvgIpc) is 2.03. The second-order valence-corrected chi connectivity index (χ2v) is 2.20. The van der Waals surface area contributed by atoms with Crippen LogP contribution in [0.4, 0.5) is 11.4 Å². The van der Waals surface area contributed by atoms with Crippen molar-refractivity contribution in [2.45, 2.75) is 0 Å². The van der Waals surface area contributed by atoms with Crippen LogP contribution in [0.5, 0.6) is 5.75 Å². The molecule has 0 saturated carbocycles. The van der Waals surface area contributed by atoms with E-state index in [9.17, 15) is 0 Å². The van der Waals surface area contributed by atoms with Gasteiger partial charge in [-0.2, -0.15) is 0 Å². The quantitative estimate of drug-likeness (QED) is 0.456. The molecular weight excluding hydrogens is 156 g/mol. The number of nitrogens with two attached hydrogens (primary N) is 2. The zero-order valence-electron chi connectivity index (χ0n) is 6.40. The Bertz CT molecular complexity index is 297. The van der Waals surface area contributed by atoms with Crippen molar-refractivity contribution in [2.75, 3.05) is 11.5 Å². The molecule has 0 unspecified atom stereocenters. The standard InChI is InChI=1S/C8H10N2O2/c9-6-1-2-8(7(10)5-6)12-4-3-11/h1-5,11H,9-10H2. The van der Waals surface area contributed by atoms with Gasteiger partial charge in [0.15, 0.2) is 0 Å². The van der Waals surface area contributed by atoms with Gasteiger partial charge in [0, 0.05) is 5.69 Å². The van der Waals surface area contributed by atoms with Crippen molar-refractivity contribution >= 4 is 11.4 Å². The lowest BCUT2D eigenvalue weighted by atomic mass is 10.2. The van der Waals surface area contributed by atoms with Crippen molar-refractivity contribution in [3.63, 3.8) is 0 Å². The van der Waals surface area contributed by atoms with Crippen LogP contribution in [0.2, 0.25) is 0 Å². The van der Waals surface area contributed by atoms with Crippen LogP contribution in [0, 0.1) is 0 Å². The van der Waals surface area contributed by atoms with Crippen molar-refractivity contribution in [1.82, 2.24) is 0 Å². The molecule has 0 fully saturated rings. The Labute approximate surface area is 70.1 Å². The van der Waals surface area contributed by atoms with E-state index in [1.165, 1.54) is 0 Å². The summed E-state index contributed by atoms with van der Waals surface area (Å²) in [6.07, 6.45) is 1.91. The molecule has 0 aliphatic carbocycles. The lowest BCUT2D eigenvalue weighted by Gasteiger charge is -2.03. The summed E-state index contributed by atoms with van der Waals surface area (Å²) >= 11 is 0. The Balaban J connectivity index is 2.86. The Morgan fingerprint density at radius 1 is 1.33 bits per heavy atom. The minimum absolute atomic E-state index is 0.438. The summed E-state index contributed by atoms with van der Waals surface area (Å²) in [5.74, 6) is 0.467. The fraction of sp³-hybridized carbons (Fsp3) is 0. The summed E-state index contributed by atoms with van der Waals surface area (Å²) in [4.78, 5) is 0. The second-order valence-electron chi connectivity index (χ2n) is 2.20. The predicted octanol–water partition coefficient (Wildman–Crippen LogP) is 1.26. The molecule has 4 nitrogen and oxygen atoms in total. The third kappa shape index (κ3) is 1.82. The van der Waals surface area contributed by atoms with E-state index in [1.54, 1.807) is 18.2 Å². The molecule has 1 aromatic carbocycles. The summed E-state index contributed by atoms with van der Waals surface area (Å²) in [6, 6.07) is 4.88. The van der Waals surface area contributed by atoms with E-state index in [0.717, 1.165) is 12.5 Å². The van der Waals surface area contributed by atoms with Crippen LogP contribution in [0.3, 0.4) is 0 Å². The smallest absolute Gasteiger partial charge is 0.149 e. The molecule has 0 radical (unpaired) electrons. The Kier molecular flexibility index (Phi) is 2.42. The van der Waals surface area contributed by atoms with Gasteiger partial charge in [-0.1, -0.05) is 0 Å². The van der Waals surface area contributed by atoms with Crippen LogP contribution in [-0.4, -0.2) is 5.11 Å². The molecule has 0 amide bonds. The highest BCUT2D eigenvalue weighted by Crippen LogP contribution is 2.23. The van der Waals surface area contributed by atoms with Gasteiger partial charge >= 0.3 is 0 Å². The normalized spacial score (nSPS) is 10.3. The van der Waals surface area contributed by atoms with Crippen molar-refractivity contribution in [1.29, 1.82) is 0 Å². The number of aliphatic hydroxyl groups excluding tert-OH is 1. The summed E-state index contributed by atoms with van der Waals surface area (Å²) in [5, 5.41) is 8.30. The van der Waals surface area contributed by atoms with Crippen LogP contribution < -0.4 is 16.2 Å². The highest BCUT2D eigenvalue weighted by molar-refractivity contribution is 5.60. The van der Waals surface area contributed by atoms with Crippen molar-refractivity contribution < 1.29 is 9.84 Å². The highest BCUT2D eigenvalue weighted by Gasteiger charge is 1.97. The molecule has 0 aliphatic rings. The second kappa shape index (κ2) is 3.52. The van der Waals surface area contributed by atoms with E-state index in [4.69, 9.17) is 21.3 Å². The van der Waals surface area contributed by atoms with Crippen LogP contribution in [-0.2, 0) is 0 Å². The van der Waals surface area contributed by atoms with Crippen LogP contribution in [0.25, 0.3) is 0 Å². The minimum atomic E-state index is 0.438. The number of ether oxygens (including phenoxy) is 1. The van der Waals surface area contributed by atoms with Crippen molar-refractivity contribution in [3.05, 3.63) is 30.7 Å². The number of aliphatic hydroxyl groups is 1. The molecule has 12 heavy (non-hydrogen) atoms. The molecular formula is C8H10N2O2. The number of hydrogen-bond acceptors (Lipinski definition) is 4. The van der Waals surface area contributed by atoms with Gasteiger partial charge in [0.1, 0.15) is 18.3 Å². The van der Waals surface area contributed by atoms with E-state index in [2.05, 4.69) is 0 Å². The molecule has 0 bridgehead atoms. The fourth-order valence-corrected chi connectivity index (χ4v) is 0.778. The third-order valence-electron chi connectivity index (χ3n) is 1.29. The maximum Gasteiger partial charge on any atom is 0.149 e. The molecule has 0 saturated heterocycles. The Morgan fingerprint density at radius 2 is 2.08 bits per heavy atom. The Hall–Kier alpha value is -1.84. The summed E-state index contributed by atoms with van der Waals surface area (Å²) in [5.41, 5.74) is 12.0. The molecule has 0 aromatic heterocycles. The average molecular weight is 166 g/mol. The lowest BCUT2D eigenvalue weighted by molar-refractivity contribution is 0.415. The van der Waals surface area contributed by atoms with Gasteiger partial charge in [0.05, 0.1) is 5.69 Å². The number of benzene rings is 1. The zero-order chi connectivity index (χ0) is 8.97. The maximum absolute atomic E-state index is 8.30. The van der Waals surface area contributed by atoms with E-state index in [1.807, 2.05) is 0 Å². The van der Waals surface area contributed by atoms with E-state index < -0.39 is 0 Å². The molecule has 0 aliphatic heterocycles. The largest absolute Gasteiger partial charge is 0.512 e. The fourth-order valence-electron chi connectivity index (χ4n) is 0.778. The van der Waals surface area contributed by atoms with E-state index in [0.29, 0.717) is 17.1 Å². The molecule has 4 heteroatoms. The molecule has 0 spiro atoms. The van der Waals surface area contributed by atoms with Gasteiger partial charge in [-0.15, -0.1) is 0 Å². The monoisotopic (exact) mass is 166 g/mol. The third-order valence-corrected chi connectivity index (χ3v) is 1.29. The van der Waals surface area contributed by atoms with Gasteiger partial charge < -0.3 is 21.3 Å². The zero-order valence-corrected chi connectivity index (χ0v) is 6.40. The topological polar surface area (TPSA) is 81.5 Å². The lowest BCUT2D eigenvalue weighted by Crippen LogP contribution is -1.93. The van der Waals surface area contributed by atoms with Gasteiger partial charge in [-0.05, 0) is 18.2 Å². The first kappa shape index (κ1) is 8.26. The van der Waals surface area contributed by atoms with Crippen molar-refractivity contribution in [3.8, 4) is 5.75 Å². The van der Waals surface area contributed by atoms with Crippen LogP contribution >= 0.6 is 0 Å². The van der Waals surface area contributed by atoms with Crippen LogP contribution in [0.15, 0.2) is 30.7 Å². The van der Waals surface area contributed by atoms with Crippen LogP contribution in [0.1, 0.15) is 0 Å². The summed E-state index contributed by atoms with van der Waals surface area (Å²) < 4.78 is 4.93. The highest BCUT2D eigenvalue weighted by atomic mass is 16.5. The minimum Gasteiger partial charge on any atom is -0.512 e.